The van der Waals surface area contributed by atoms with Crippen molar-refractivity contribution < 1.29 is 9.53 Å². The summed E-state index contributed by atoms with van der Waals surface area (Å²) in [5.41, 5.74) is 1.62. The molecule has 1 N–H and O–H groups in total. The third-order valence-corrected chi connectivity index (χ3v) is 4.93. The van der Waals surface area contributed by atoms with Crippen LogP contribution < -0.4 is 10.1 Å². The molecule has 0 aliphatic carbocycles. The summed E-state index contributed by atoms with van der Waals surface area (Å²) in [6.45, 7) is 7.62. The smallest absolute Gasteiger partial charge is 0.225 e. The first-order valence-electron chi connectivity index (χ1n) is 9.95. The number of nitrogens with zero attached hydrogens (tertiary/aromatic N) is 2. The zero-order valence-corrected chi connectivity index (χ0v) is 18.0. The van der Waals surface area contributed by atoms with Gasteiger partial charge in [-0.25, -0.2) is 4.98 Å². The van der Waals surface area contributed by atoms with Crippen molar-refractivity contribution in [2.24, 2.45) is 5.41 Å². The van der Waals surface area contributed by atoms with Crippen LogP contribution in [0.1, 0.15) is 39.4 Å². The highest BCUT2D eigenvalue weighted by Crippen LogP contribution is 2.19. The normalized spacial score (nSPS) is 11.6. The van der Waals surface area contributed by atoms with Crippen molar-refractivity contribution >= 4 is 28.5 Å². The van der Waals surface area contributed by atoms with E-state index in [1.165, 1.54) is 0 Å². The molecule has 0 saturated carbocycles. The first kappa shape index (κ1) is 21.2. The van der Waals surface area contributed by atoms with Gasteiger partial charge in [0.1, 0.15) is 11.6 Å². The summed E-state index contributed by atoms with van der Waals surface area (Å²) in [5.74, 6) is 1.72. The molecule has 29 heavy (non-hydrogen) atoms. The molecule has 3 aromatic rings. The highest BCUT2D eigenvalue weighted by molar-refractivity contribution is 6.30. The van der Waals surface area contributed by atoms with Crippen LogP contribution in [0.5, 0.6) is 5.75 Å². The second-order valence-electron chi connectivity index (χ2n) is 8.11. The monoisotopic (exact) mass is 413 g/mol. The lowest BCUT2D eigenvalue weighted by Gasteiger charge is -2.18. The fraction of sp³-hybridized carbons (Fsp3) is 0.391. The number of hydrogen-bond donors (Lipinski definition) is 1. The number of unbranched alkanes of at least 4 members (excludes halogenated alkanes) is 1. The molecule has 0 radical (unpaired) electrons. The molecule has 2 aromatic carbocycles. The maximum absolute atomic E-state index is 12.2. The van der Waals surface area contributed by atoms with Gasteiger partial charge in [0.25, 0.3) is 0 Å². The maximum Gasteiger partial charge on any atom is 0.225 e. The van der Waals surface area contributed by atoms with E-state index < -0.39 is 5.41 Å². The molecular formula is C23H28ClN3O2. The van der Waals surface area contributed by atoms with E-state index >= 15 is 0 Å². The van der Waals surface area contributed by atoms with Gasteiger partial charge < -0.3 is 14.6 Å². The number of para-hydroxylation sites is 2. The van der Waals surface area contributed by atoms with Crippen LogP contribution in [-0.2, 0) is 17.9 Å². The second-order valence-corrected chi connectivity index (χ2v) is 8.55. The van der Waals surface area contributed by atoms with Crippen molar-refractivity contribution in [3.05, 3.63) is 59.4 Å². The van der Waals surface area contributed by atoms with Gasteiger partial charge in [-0.05, 0) is 49.2 Å². The number of benzene rings is 2. The molecule has 0 fully saturated rings. The van der Waals surface area contributed by atoms with Crippen LogP contribution >= 0.6 is 11.6 Å². The van der Waals surface area contributed by atoms with Gasteiger partial charge in [-0.3, -0.25) is 4.79 Å². The van der Waals surface area contributed by atoms with E-state index in [9.17, 15) is 4.79 Å². The largest absolute Gasteiger partial charge is 0.494 e. The van der Waals surface area contributed by atoms with E-state index in [2.05, 4.69) is 16.0 Å². The molecule has 0 spiro atoms. The predicted molar refractivity (Wildman–Crippen MR) is 117 cm³/mol. The molecule has 0 unspecified atom stereocenters. The molecule has 0 aliphatic heterocycles. The van der Waals surface area contributed by atoms with Crippen molar-refractivity contribution in [3.8, 4) is 5.75 Å². The van der Waals surface area contributed by atoms with Crippen LogP contribution in [0.2, 0.25) is 5.02 Å². The molecule has 1 amide bonds. The summed E-state index contributed by atoms with van der Waals surface area (Å²) in [5, 5.41) is 3.71. The van der Waals surface area contributed by atoms with Crippen LogP contribution in [0.4, 0.5) is 0 Å². The molecule has 5 nitrogen and oxygen atoms in total. The molecule has 0 aliphatic rings. The number of imidazole rings is 1. The minimum absolute atomic E-state index is 0.0208. The van der Waals surface area contributed by atoms with Crippen LogP contribution in [0, 0.1) is 5.41 Å². The zero-order valence-electron chi connectivity index (χ0n) is 17.2. The maximum atomic E-state index is 12.2. The Morgan fingerprint density at radius 1 is 1.10 bits per heavy atom. The summed E-state index contributed by atoms with van der Waals surface area (Å²) in [6.07, 6.45) is 1.87. The summed E-state index contributed by atoms with van der Waals surface area (Å²) in [6, 6.07) is 15.5. The molecule has 6 heteroatoms. The van der Waals surface area contributed by atoms with E-state index in [0.717, 1.165) is 42.0 Å². The topological polar surface area (TPSA) is 56.2 Å². The number of halogens is 1. The lowest BCUT2D eigenvalue weighted by molar-refractivity contribution is -0.128. The standard InChI is InChI=1S/C23H28ClN3O2/c1-23(2,3)22(28)25-16-21-26-19-8-4-5-9-20(19)27(21)14-6-7-15-29-18-12-10-17(24)11-13-18/h4-5,8-13H,6-7,14-16H2,1-3H3,(H,25,28). The van der Waals surface area contributed by atoms with Crippen LogP contribution in [0.15, 0.2) is 48.5 Å². The van der Waals surface area contributed by atoms with Gasteiger partial charge in [-0.15, -0.1) is 0 Å². The van der Waals surface area contributed by atoms with Gasteiger partial charge in [0.05, 0.1) is 24.2 Å². The van der Waals surface area contributed by atoms with E-state index in [1.807, 2.05) is 63.2 Å². The molecule has 0 bridgehead atoms. The van der Waals surface area contributed by atoms with E-state index in [4.69, 9.17) is 21.3 Å². The number of ether oxygens (including phenoxy) is 1. The van der Waals surface area contributed by atoms with Gasteiger partial charge in [0.15, 0.2) is 0 Å². The van der Waals surface area contributed by atoms with Gasteiger partial charge in [0.2, 0.25) is 5.91 Å². The van der Waals surface area contributed by atoms with Crippen LogP contribution in [0.3, 0.4) is 0 Å². The number of amides is 1. The van der Waals surface area contributed by atoms with Crippen LogP contribution in [-0.4, -0.2) is 22.1 Å². The summed E-state index contributed by atoms with van der Waals surface area (Å²) in [4.78, 5) is 17.0. The lowest BCUT2D eigenvalue weighted by atomic mass is 9.96. The molecule has 1 aromatic heterocycles. The third-order valence-electron chi connectivity index (χ3n) is 4.68. The number of rotatable bonds is 8. The minimum Gasteiger partial charge on any atom is -0.494 e. The van der Waals surface area contributed by atoms with Crippen LogP contribution in [0.25, 0.3) is 11.0 Å². The number of hydrogen-bond acceptors (Lipinski definition) is 3. The van der Waals surface area contributed by atoms with Crippen molar-refractivity contribution in [1.29, 1.82) is 0 Å². The van der Waals surface area contributed by atoms with E-state index in [0.29, 0.717) is 18.2 Å². The molecule has 1 heterocycles. The Balaban J connectivity index is 1.59. The van der Waals surface area contributed by atoms with Gasteiger partial charge in [-0.2, -0.15) is 0 Å². The average Bonchev–Trinajstić information content (AvgIpc) is 3.04. The molecule has 3 rings (SSSR count). The van der Waals surface area contributed by atoms with Gasteiger partial charge in [0, 0.05) is 17.0 Å². The van der Waals surface area contributed by atoms with E-state index in [1.54, 1.807) is 0 Å². The fourth-order valence-corrected chi connectivity index (χ4v) is 3.15. The first-order chi connectivity index (χ1) is 13.8. The summed E-state index contributed by atoms with van der Waals surface area (Å²) in [7, 11) is 0. The van der Waals surface area contributed by atoms with Crippen molar-refractivity contribution in [3.63, 3.8) is 0 Å². The summed E-state index contributed by atoms with van der Waals surface area (Å²) < 4.78 is 7.97. The van der Waals surface area contributed by atoms with Gasteiger partial charge in [-0.1, -0.05) is 44.5 Å². The Kier molecular flexibility index (Phi) is 6.80. The Bertz CT molecular complexity index is 958. The predicted octanol–water partition coefficient (Wildman–Crippen LogP) is 5.21. The highest BCUT2D eigenvalue weighted by Gasteiger charge is 2.21. The Morgan fingerprint density at radius 2 is 1.83 bits per heavy atom. The van der Waals surface area contributed by atoms with Crippen molar-refractivity contribution in [1.82, 2.24) is 14.9 Å². The number of aromatic nitrogens is 2. The Labute approximate surface area is 177 Å². The number of aryl methyl sites for hydroxylation is 1. The average molecular weight is 414 g/mol. The molecule has 0 saturated heterocycles. The highest BCUT2D eigenvalue weighted by atomic mass is 35.5. The number of nitrogens with one attached hydrogen (secondary N) is 1. The first-order valence-corrected chi connectivity index (χ1v) is 10.3. The zero-order chi connectivity index (χ0) is 20.9. The SMILES string of the molecule is CC(C)(C)C(=O)NCc1nc2ccccc2n1CCCCOc1ccc(Cl)cc1. The number of fused-ring (bicyclic) bond motifs is 1. The summed E-state index contributed by atoms with van der Waals surface area (Å²) >= 11 is 5.89. The molecule has 154 valence electrons. The number of carbonyl (C=O) groups excluding carboxylic acids is 1. The number of carbonyl (C=O) groups is 1. The quantitative estimate of drug-likeness (QED) is 0.515. The Morgan fingerprint density at radius 3 is 2.55 bits per heavy atom. The van der Waals surface area contributed by atoms with E-state index in [-0.39, 0.29) is 5.91 Å². The fourth-order valence-electron chi connectivity index (χ4n) is 3.03. The van der Waals surface area contributed by atoms with Crippen molar-refractivity contribution in [2.75, 3.05) is 6.61 Å². The van der Waals surface area contributed by atoms with Gasteiger partial charge >= 0.3 is 0 Å². The lowest BCUT2D eigenvalue weighted by Crippen LogP contribution is -2.35. The second kappa shape index (κ2) is 9.31. The van der Waals surface area contributed by atoms with Crippen molar-refractivity contribution in [2.45, 2.75) is 46.7 Å². The minimum atomic E-state index is -0.421. The third kappa shape index (κ3) is 5.73. The Hall–Kier alpha value is -2.53. The molecule has 0 atom stereocenters. The molecular weight excluding hydrogens is 386 g/mol.